The first-order valence-corrected chi connectivity index (χ1v) is 5.92. The Labute approximate surface area is 100 Å². The highest BCUT2D eigenvalue weighted by Crippen LogP contribution is 2.47. The molecule has 3 rings (SSSR count). The zero-order valence-electron chi connectivity index (χ0n) is 10.0. The molecule has 0 saturated heterocycles. The van der Waals surface area contributed by atoms with Gasteiger partial charge in [0, 0.05) is 0 Å². The number of rotatable bonds is 2. The number of para-hydroxylation sites is 1. The van der Waals surface area contributed by atoms with Crippen molar-refractivity contribution in [2.24, 2.45) is 5.92 Å². The molecule has 1 unspecified atom stereocenters. The van der Waals surface area contributed by atoms with E-state index in [4.69, 9.17) is 4.74 Å². The van der Waals surface area contributed by atoms with Crippen LogP contribution in [0, 0.1) is 5.92 Å². The van der Waals surface area contributed by atoms with Gasteiger partial charge in [0.2, 0.25) is 5.91 Å². The molecule has 4 heteroatoms. The van der Waals surface area contributed by atoms with E-state index in [1.807, 2.05) is 25.1 Å². The SMILES string of the molecule is COc1cccc2c1NC(=O)C(C)(C1CC1)N2. The van der Waals surface area contributed by atoms with Crippen molar-refractivity contribution >= 4 is 17.3 Å². The Morgan fingerprint density at radius 2 is 2.18 bits per heavy atom. The van der Waals surface area contributed by atoms with Gasteiger partial charge in [-0.15, -0.1) is 0 Å². The molecule has 2 aliphatic rings. The van der Waals surface area contributed by atoms with Gasteiger partial charge in [-0.3, -0.25) is 4.79 Å². The van der Waals surface area contributed by atoms with Crippen molar-refractivity contribution < 1.29 is 9.53 Å². The Kier molecular flexibility index (Phi) is 2.08. The average molecular weight is 232 g/mol. The zero-order valence-corrected chi connectivity index (χ0v) is 10.0. The molecule has 0 aromatic heterocycles. The second-order valence-corrected chi connectivity index (χ2v) is 4.94. The third kappa shape index (κ3) is 1.47. The number of fused-ring (bicyclic) bond motifs is 1. The number of nitrogens with one attached hydrogen (secondary N) is 2. The summed E-state index contributed by atoms with van der Waals surface area (Å²) >= 11 is 0. The van der Waals surface area contributed by atoms with E-state index in [0.29, 0.717) is 11.7 Å². The highest BCUT2D eigenvalue weighted by Gasteiger charge is 2.49. The lowest BCUT2D eigenvalue weighted by atomic mass is 9.91. The van der Waals surface area contributed by atoms with E-state index in [0.717, 1.165) is 24.2 Å². The third-order valence-corrected chi connectivity index (χ3v) is 3.74. The summed E-state index contributed by atoms with van der Waals surface area (Å²) < 4.78 is 5.25. The van der Waals surface area contributed by atoms with Crippen molar-refractivity contribution in [1.82, 2.24) is 0 Å². The van der Waals surface area contributed by atoms with Gasteiger partial charge in [0.25, 0.3) is 0 Å². The number of methoxy groups -OCH3 is 1. The summed E-state index contributed by atoms with van der Waals surface area (Å²) in [4.78, 5) is 12.2. The van der Waals surface area contributed by atoms with Gasteiger partial charge < -0.3 is 15.4 Å². The summed E-state index contributed by atoms with van der Waals surface area (Å²) in [6.07, 6.45) is 2.24. The van der Waals surface area contributed by atoms with Crippen LogP contribution in [0.2, 0.25) is 0 Å². The lowest BCUT2D eigenvalue weighted by molar-refractivity contribution is -0.120. The summed E-state index contributed by atoms with van der Waals surface area (Å²) in [6.45, 7) is 1.97. The highest BCUT2D eigenvalue weighted by atomic mass is 16.5. The van der Waals surface area contributed by atoms with Crippen LogP contribution in [0.3, 0.4) is 0 Å². The van der Waals surface area contributed by atoms with Crippen LogP contribution in [0.1, 0.15) is 19.8 Å². The molecule has 17 heavy (non-hydrogen) atoms. The van der Waals surface area contributed by atoms with Gasteiger partial charge in [0.05, 0.1) is 12.8 Å². The molecule has 1 amide bonds. The summed E-state index contributed by atoms with van der Waals surface area (Å²) in [5, 5.41) is 6.33. The highest BCUT2D eigenvalue weighted by molar-refractivity contribution is 6.07. The van der Waals surface area contributed by atoms with Crippen LogP contribution in [0.25, 0.3) is 0 Å². The van der Waals surface area contributed by atoms with Crippen molar-refractivity contribution in [1.29, 1.82) is 0 Å². The lowest BCUT2D eigenvalue weighted by Gasteiger charge is -2.36. The maximum Gasteiger partial charge on any atom is 0.250 e. The second-order valence-electron chi connectivity index (χ2n) is 4.94. The molecule has 0 bridgehead atoms. The first-order chi connectivity index (χ1) is 8.15. The molecule has 4 nitrogen and oxygen atoms in total. The van der Waals surface area contributed by atoms with Crippen LogP contribution < -0.4 is 15.4 Å². The standard InChI is InChI=1S/C13H16N2O2/c1-13(8-6-7-8)12(16)14-11-9(15-13)4-3-5-10(11)17-2/h3-5,8,15H,6-7H2,1-2H3,(H,14,16). The third-order valence-electron chi connectivity index (χ3n) is 3.74. The van der Waals surface area contributed by atoms with Crippen LogP contribution in [0.5, 0.6) is 5.75 Å². The molecule has 1 aliphatic heterocycles. The number of hydrogen-bond donors (Lipinski definition) is 2. The van der Waals surface area contributed by atoms with Crippen LogP contribution >= 0.6 is 0 Å². The molecule has 1 heterocycles. The van der Waals surface area contributed by atoms with Crippen LogP contribution in [0.15, 0.2) is 18.2 Å². The topological polar surface area (TPSA) is 50.4 Å². The molecule has 1 aromatic carbocycles. The number of amides is 1. The van der Waals surface area contributed by atoms with Crippen molar-refractivity contribution in [3.8, 4) is 5.75 Å². The van der Waals surface area contributed by atoms with Gasteiger partial charge in [-0.25, -0.2) is 0 Å². The van der Waals surface area contributed by atoms with Crippen molar-refractivity contribution in [2.75, 3.05) is 17.7 Å². The maximum absolute atomic E-state index is 12.2. The molecule has 2 N–H and O–H groups in total. The Morgan fingerprint density at radius 1 is 1.41 bits per heavy atom. The molecule has 0 spiro atoms. The molecule has 1 atom stereocenters. The Morgan fingerprint density at radius 3 is 2.82 bits per heavy atom. The van der Waals surface area contributed by atoms with Gasteiger partial charge in [-0.2, -0.15) is 0 Å². The number of ether oxygens (including phenoxy) is 1. The molecule has 1 fully saturated rings. The normalized spacial score (nSPS) is 26.8. The smallest absolute Gasteiger partial charge is 0.250 e. The van der Waals surface area contributed by atoms with E-state index >= 15 is 0 Å². The molecule has 1 aliphatic carbocycles. The predicted octanol–water partition coefficient (Wildman–Crippen LogP) is 2.23. The lowest BCUT2D eigenvalue weighted by Crippen LogP contribution is -2.51. The molecular weight excluding hydrogens is 216 g/mol. The maximum atomic E-state index is 12.2. The van der Waals surface area contributed by atoms with Crippen LogP contribution in [-0.2, 0) is 4.79 Å². The van der Waals surface area contributed by atoms with Crippen LogP contribution in [-0.4, -0.2) is 18.6 Å². The second kappa shape index (κ2) is 3.39. The van der Waals surface area contributed by atoms with E-state index in [-0.39, 0.29) is 5.91 Å². The van der Waals surface area contributed by atoms with E-state index in [1.54, 1.807) is 7.11 Å². The van der Waals surface area contributed by atoms with E-state index in [2.05, 4.69) is 10.6 Å². The Bertz CT molecular complexity index is 482. The minimum absolute atomic E-state index is 0.0389. The van der Waals surface area contributed by atoms with E-state index < -0.39 is 5.54 Å². The molecule has 0 radical (unpaired) electrons. The van der Waals surface area contributed by atoms with Crippen molar-refractivity contribution in [2.45, 2.75) is 25.3 Å². The fraction of sp³-hybridized carbons (Fsp3) is 0.462. The summed E-state index contributed by atoms with van der Waals surface area (Å²) in [6, 6.07) is 5.74. The van der Waals surface area contributed by atoms with Crippen molar-refractivity contribution in [3.05, 3.63) is 18.2 Å². The molecule has 90 valence electrons. The van der Waals surface area contributed by atoms with Crippen LogP contribution in [0.4, 0.5) is 11.4 Å². The molecular formula is C13H16N2O2. The quantitative estimate of drug-likeness (QED) is 0.822. The minimum Gasteiger partial charge on any atom is -0.494 e. The number of benzene rings is 1. The van der Waals surface area contributed by atoms with Crippen molar-refractivity contribution in [3.63, 3.8) is 0 Å². The average Bonchev–Trinajstić information content (AvgIpc) is 3.14. The van der Waals surface area contributed by atoms with Gasteiger partial charge in [0.15, 0.2) is 0 Å². The predicted molar refractivity (Wildman–Crippen MR) is 66.4 cm³/mol. The zero-order chi connectivity index (χ0) is 12.0. The van der Waals surface area contributed by atoms with E-state index in [1.165, 1.54) is 0 Å². The fourth-order valence-electron chi connectivity index (χ4n) is 2.46. The van der Waals surface area contributed by atoms with Gasteiger partial charge in [0.1, 0.15) is 17.0 Å². The number of hydrogen-bond acceptors (Lipinski definition) is 3. The van der Waals surface area contributed by atoms with Gasteiger partial charge in [-0.1, -0.05) is 6.07 Å². The Hall–Kier alpha value is -1.71. The monoisotopic (exact) mass is 232 g/mol. The number of carbonyl (C=O) groups excluding carboxylic acids is 1. The summed E-state index contributed by atoms with van der Waals surface area (Å²) in [7, 11) is 1.61. The largest absolute Gasteiger partial charge is 0.494 e. The molecule has 1 saturated carbocycles. The fourth-order valence-corrected chi connectivity index (χ4v) is 2.46. The Balaban J connectivity index is 2.03. The summed E-state index contributed by atoms with van der Waals surface area (Å²) in [5.74, 6) is 1.18. The minimum atomic E-state index is -0.473. The van der Waals surface area contributed by atoms with Gasteiger partial charge >= 0.3 is 0 Å². The first kappa shape index (κ1) is 10.4. The number of carbonyl (C=O) groups is 1. The first-order valence-electron chi connectivity index (χ1n) is 5.92. The molecule has 1 aromatic rings. The number of anilines is 2. The summed E-state index contributed by atoms with van der Waals surface area (Å²) in [5.41, 5.74) is 1.22. The van der Waals surface area contributed by atoms with E-state index in [9.17, 15) is 4.79 Å². The van der Waals surface area contributed by atoms with Gasteiger partial charge in [-0.05, 0) is 37.8 Å².